The number of aromatic nitrogens is 8. The van der Waals surface area contributed by atoms with Crippen molar-refractivity contribution in [1.29, 1.82) is 5.26 Å². The molecule has 15 heteroatoms. The van der Waals surface area contributed by atoms with Gasteiger partial charge in [0, 0.05) is 24.2 Å². The van der Waals surface area contributed by atoms with E-state index >= 15 is 0 Å². The lowest BCUT2D eigenvalue weighted by Gasteiger charge is -2.16. The molecule has 0 bridgehead atoms. The summed E-state index contributed by atoms with van der Waals surface area (Å²) in [6.07, 6.45) is 0.374. The fourth-order valence-corrected chi connectivity index (χ4v) is 3.34. The highest BCUT2D eigenvalue weighted by Gasteiger charge is 2.38. The monoisotopic (exact) mass is 514 g/mol. The van der Waals surface area contributed by atoms with E-state index in [1.807, 2.05) is 0 Å². The Morgan fingerprint density at radius 1 is 1.19 bits per heavy atom. The molecule has 4 rings (SSSR count). The van der Waals surface area contributed by atoms with Crippen LogP contribution in [0.2, 0.25) is 0 Å². The topological polar surface area (TPSA) is 152 Å². The van der Waals surface area contributed by atoms with Gasteiger partial charge in [-0.15, -0.1) is 5.10 Å². The Labute approximate surface area is 208 Å². The van der Waals surface area contributed by atoms with E-state index < -0.39 is 17.9 Å². The highest BCUT2D eigenvalue weighted by molar-refractivity contribution is 5.67. The van der Waals surface area contributed by atoms with Crippen LogP contribution in [0.1, 0.15) is 31.1 Å². The second kappa shape index (κ2) is 10.6. The number of aliphatic hydroxyl groups is 1. The van der Waals surface area contributed by atoms with Crippen molar-refractivity contribution in [3.63, 3.8) is 0 Å². The standard InChI is InChI=1S/C22H21F3N10O2/c1-13(11-36)35-10-18(20(31-35)22(23,24)25)30-21-27-7-17(8-28-21)15-3-4-16(6-26)19(5-15)37-14(2)9-34-12-29-32-33-34/h3-5,7-8,10,12-14,36H,9,11H2,1-2H3,(H,27,28,30)/t13-,14-/m0/s1. The summed E-state index contributed by atoms with van der Waals surface area (Å²) in [6.45, 7) is 3.32. The third-order valence-corrected chi connectivity index (χ3v) is 5.21. The Bertz CT molecular complexity index is 1380. The lowest BCUT2D eigenvalue weighted by Crippen LogP contribution is -2.20. The molecule has 3 aromatic heterocycles. The highest BCUT2D eigenvalue weighted by Crippen LogP contribution is 2.35. The molecule has 1 aromatic carbocycles. The largest absolute Gasteiger partial charge is 0.487 e. The Morgan fingerprint density at radius 2 is 1.95 bits per heavy atom. The third-order valence-electron chi connectivity index (χ3n) is 5.21. The predicted octanol–water partition coefficient (Wildman–Crippen LogP) is 2.98. The van der Waals surface area contributed by atoms with Gasteiger partial charge in [0.05, 0.1) is 30.4 Å². The minimum absolute atomic E-state index is 0.0781. The Balaban J connectivity index is 1.54. The maximum Gasteiger partial charge on any atom is 0.437 e. The fraction of sp³-hybridized carbons (Fsp3) is 0.318. The van der Waals surface area contributed by atoms with E-state index in [-0.39, 0.29) is 24.3 Å². The van der Waals surface area contributed by atoms with Crippen molar-refractivity contribution in [3.8, 4) is 22.9 Å². The van der Waals surface area contributed by atoms with E-state index in [0.29, 0.717) is 29.0 Å². The molecular formula is C22H21F3N10O2. The van der Waals surface area contributed by atoms with Crippen molar-refractivity contribution in [3.05, 3.63) is 54.4 Å². The number of nitriles is 1. The number of halogens is 3. The fourth-order valence-electron chi connectivity index (χ4n) is 3.34. The van der Waals surface area contributed by atoms with Gasteiger partial charge in [0.15, 0.2) is 5.69 Å². The summed E-state index contributed by atoms with van der Waals surface area (Å²) >= 11 is 0. The average Bonchev–Trinajstić information content (AvgIpc) is 3.54. The van der Waals surface area contributed by atoms with Gasteiger partial charge in [-0.25, -0.2) is 14.6 Å². The lowest BCUT2D eigenvalue weighted by atomic mass is 10.1. The number of nitrogens with zero attached hydrogens (tertiary/aromatic N) is 9. The summed E-state index contributed by atoms with van der Waals surface area (Å²) in [5.41, 5.74) is 0.0149. The quantitative estimate of drug-likeness (QED) is 0.341. The van der Waals surface area contributed by atoms with Gasteiger partial charge in [-0.05, 0) is 42.0 Å². The van der Waals surface area contributed by atoms with E-state index in [9.17, 15) is 23.5 Å². The first kappa shape index (κ1) is 25.5. The Morgan fingerprint density at radius 3 is 2.57 bits per heavy atom. The van der Waals surface area contributed by atoms with E-state index in [0.717, 1.165) is 10.9 Å². The van der Waals surface area contributed by atoms with Crippen molar-refractivity contribution < 1.29 is 23.0 Å². The third kappa shape index (κ3) is 5.98. The summed E-state index contributed by atoms with van der Waals surface area (Å²) in [6, 6.07) is 6.36. The Kier molecular flexibility index (Phi) is 7.30. The summed E-state index contributed by atoms with van der Waals surface area (Å²) in [4.78, 5) is 8.25. The van der Waals surface area contributed by atoms with Gasteiger partial charge in [0.25, 0.3) is 0 Å². The number of anilines is 2. The second-order valence-electron chi connectivity index (χ2n) is 8.10. The normalized spacial score (nSPS) is 13.1. The minimum atomic E-state index is -4.72. The van der Waals surface area contributed by atoms with Crippen molar-refractivity contribution in [1.82, 2.24) is 40.0 Å². The zero-order valence-corrected chi connectivity index (χ0v) is 19.6. The van der Waals surface area contributed by atoms with Gasteiger partial charge in [0.2, 0.25) is 5.95 Å². The van der Waals surface area contributed by atoms with Crippen LogP contribution in [-0.4, -0.2) is 57.8 Å². The van der Waals surface area contributed by atoms with Crippen LogP contribution in [0.5, 0.6) is 5.75 Å². The molecule has 0 aliphatic rings. The molecule has 0 aliphatic carbocycles. The van der Waals surface area contributed by atoms with Crippen molar-refractivity contribution in [2.75, 3.05) is 11.9 Å². The van der Waals surface area contributed by atoms with Crippen LogP contribution >= 0.6 is 0 Å². The van der Waals surface area contributed by atoms with E-state index in [1.54, 1.807) is 25.1 Å². The molecular weight excluding hydrogens is 493 g/mol. The number of rotatable bonds is 9. The first-order chi connectivity index (χ1) is 17.7. The first-order valence-electron chi connectivity index (χ1n) is 11.0. The van der Waals surface area contributed by atoms with E-state index in [4.69, 9.17) is 4.74 Å². The van der Waals surface area contributed by atoms with E-state index in [2.05, 4.69) is 42.0 Å². The summed E-state index contributed by atoms with van der Waals surface area (Å²) in [5.74, 6) is 0.258. The molecule has 0 radical (unpaired) electrons. The van der Waals surface area contributed by atoms with Gasteiger partial charge in [-0.1, -0.05) is 6.07 Å². The molecule has 2 atom stereocenters. The van der Waals surface area contributed by atoms with Crippen LogP contribution in [-0.2, 0) is 12.7 Å². The second-order valence-corrected chi connectivity index (χ2v) is 8.10. The van der Waals surface area contributed by atoms with Gasteiger partial charge >= 0.3 is 6.18 Å². The van der Waals surface area contributed by atoms with Gasteiger partial charge in [0.1, 0.15) is 24.3 Å². The molecule has 0 saturated heterocycles. The number of benzene rings is 1. The maximum atomic E-state index is 13.4. The van der Waals surface area contributed by atoms with Crippen LogP contribution in [0.3, 0.4) is 0 Å². The van der Waals surface area contributed by atoms with Crippen LogP contribution in [0.4, 0.5) is 24.8 Å². The maximum absolute atomic E-state index is 13.4. The molecule has 12 nitrogen and oxygen atoms in total. The van der Waals surface area contributed by atoms with Crippen LogP contribution in [0.15, 0.2) is 43.1 Å². The average molecular weight is 514 g/mol. The van der Waals surface area contributed by atoms with Gasteiger partial charge in [-0.3, -0.25) is 4.68 Å². The zero-order chi connectivity index (χ0) is 26.6. The molecule has 192 valence electrons. The first-order valence-corrected chi connectivity index (χ1v) is 11.0. The number of ether oxygens (including phenoxy) is 1. The van der Waals surface area contributed by atoms with Crippen LogP contribution < -0.4 is 10.1 Å². The summed E-state index contributed by atoms with van der Waals surface area (Å²) < 4.78 is 48.8. The number of nitrogens with one attached hydrogen (secondary N) is 1. The molecule has 0 spiro atoms. The summed E-state index contributed by atoms with van der Waals surface area (Å²) in [5, 5.41) is 35.7. The molecule has 0 unspecified atom stereocenters. The summed E-state index contributed by atoms with van der Waals surface area (Å²) in [7, 11) is 0. The SMILES string of the molecule is C[C@@H](Cn1cnnn1)Oc1cc(-c2cnc(Nc3cn([C@@H](C)CO)nc3C(F)(F)F)nc2)ccc1C#N. The van der Waals surface area contributed by atoms with Crippen molar-refractivity contribution in [2.45, 2.75) is 38.7 Å². The van der Waals surface area contributed by atoms with E-state index in [1.165, 1.54) is 30.3 Å². The number of hydrogen-bond donors (Lipinski definition) is 2. The highest BCUT2D eigenvalue weighted by atomic mass is 19.4. The van der Waals surface area contributed by atoms with Crippen LogP contribution in [0.25, 0.3) is 11.1 Å². The van der Waals surface area contributed by atoms with Gasteiger partial charge < -0.3 is 15.2 Å². The molecule has 0 amide bonds. The number of hydrogen-bond acceptors (Lipinski definition) is 10. The minimum Gasteiger partial charge on any atom is -0.487 e. The molecule has 37 heavy (non-hydrogen) atoms. The number of tetrazole rings is 1. The Hall–Kier alpha value is -4.58. The predicted molar refractivity (Wildman–Crippen MR) is 122 cm³/mol. The molecule has 3 heterocycles. The zero-order valence-electron chi connectivity index (χ0n) is 19.6. The number of alkyl halides is 3. The lowest BCUT2D eigenvalue weighted by molar-refractivity contribution is -0.141. The molecule has 0 saturated carbocycles. The van der Waals surface area contributed by atoms with Crippen molar-refractivity contribution >= 4 is 11.6 Å². The van der Waals surface area contributed by atoms with Crippen molar-refractivity contribution in [2.24, 2.45) is 0 Å². The molecule has 0 fully saturated rings. The molecule has 0 aliphatic heterocycles. The van der Waals surface area contributed by atoms with Gasteiger partial charge in [-0.2, -0.15) is 23.5 Å². The molecule has 4 aromatic rings. The smallest absolute Gasteiger partial charge is 0.437 e. The molecule has 2 N–H and O–H groups in total. The van der Waals surface area contributed by atoms with Crippen LogP contribution in [0, 0.1) is 11.3 Å². The number of aliphatic hydroxyl groups excluding tert-OH is 1.